The van der Waals surface area contributed by atoms with Crippen LogP contribution in [0.2, 0.25) is 0 Å². The molecular weight excluding hydrogens is 410 g/mol. The quantitative estimate of drug-likeness (QED) is 0.458. The molecule has 12 heteroatoms. The van der Waals surface area contributed by atoms with Gasteiger partial charge in [0.05, 0.1) is 10.6 Å². The van der Waals surface area contributed by atoms with Gasteiger partial charge in [0.15, 0.2) is 11.3 Å². The second-order valence-electron chi connectivity index (χ2n) is 7.09. The maximum atomic E-state index is 13.0. The number of nitro benzene ring substituents is 1. The Balaban J connectivity index is 1.56. The third-order valence-corrected chi connectivity index (χ3v) is 5.24. The Kier molecular flexibility index (Phi) is 4.89. The first kappa shape index (κ1) is 20.1. The van der Waals surface area contributed by atoms with Crippen LogP contribution in [0.25, 0.3) is 11.0 Å². The second kappa shape index (κ2) is 7.55. The van der Waals surface area contributed by atoms with Crippen LogP contribution in [0.15, 0.2) is 33.7 Å². The van der Waals surface area contributed by atoms with Gasteiger partial charge in [-0.3, -0.25) is 19.7 Å². The largest absolute Gasteiger partial charge is 0.504 e. The fraction of sp³-hybridized carbons (Fsp3) is 0.263. The summed E-state index contributed by atoms with van der Waals surface area (Å²) in [4.78, 5) is 38.8. The van der Waals surface area contributed by atoms with Crippen molar-refractivity contribution in [2.75, 3.05) is 31.1 Å². The van der Waals surface area contributed by atoms with E-state index < -0.39 is 21.9 Å². The summed E-state index contributed by atoms with van der Waals surface area (Å²) in [6.45, 7) is 3.01. The average Bonchev–Trinajstić information content (AvgIpc) is 3.22. The normalized spacial score (nSPS) is 14.1. The van der Waals surface area contributed by atoms with E-state index in [1.165, 1.54) is 6.07 Å². The first-order valence-electron chi connectivity index (χ1n) is 9.28. The number of carbonyl (C=O) groups is 1. The van der Waals surface area contributed by atoms with Crippen LogP contribution in [0.5, 0.6) is 11.5 Å². The van der Waals surface area contributed by atoms with Crippen molar-refractivity contribution in [2.45, 2.75) is 6.92 Å². The van der Waals surface area contributed by atoms with E-state index in [0.29, 0.717) is 37.4 Å². The summed E-state index contributed by atoms with van der Waals surface area (Å²) in [5.41, 5.74) is 0.389. The molecule has 0 atom stereocenters. The van der Waals surface area contributed by atoms with E-state index in [9.17, 15) is 29.9 Å². The molecule has 2 N–H and O–H groups in total. The molecule has 12 nitrogen and oxygen atoms in total. The summed E-state index contributed by atoms with van der Waals surface area (Å²) in [5, 5.41) is 38.1. The van der Waals surface area contributed by atoms with Gasteiger partial charge in [0.25, 0.3) is 5.91 Å². The molecular formula is C19H17N5O7. The SMILES string of the molecule is Cc1cc(=O)c(O)c(O)cc1C(=O)N1CCN(c2ccc([N+](=O)[O-])c3nonc23)CC1. The number of piperazine rings is 1. The van der Waals surface area contributed by atoms with Crippen molar-refractivity contribution in [2.24, 2.45) is 0 Å². The molecule has 1 aliphatic heterocycles. The second-order valence-corrected chi connectivity index (χ2v) is 7.09. The Bertz CT molecular complexity index is 1260. The minimum atomic E-state index is -0.810. The summed E-state index contributed by atoms with van der Waals surface area (Å²) in [7, 11) is 0. The highest BCUT2D eigenvalue weighted by Gasteiger charge is 2.27. The standard InChI is InChI=1S/C19H17N5O7/c1-10-8-14(25)18(27)15(26)9-11(10)19(28)23-6-4-22(5-7-23)12-2-3-13(24(29)30)17-16(12)20-31-21-17/h2-3,8-9H,4-7H2,1H3,(H2,25,26,27). The Labute approximate surface area is 174 Å². The molecule has 0 bridgehead atoms. The number of nitro groups is 1. The average molecular weight is 427 g/mol. The molecule has 1 fully saturated rings. The predicted molar refractivity (Wildman–Crippen MR) is 107 cm³/mol. The van der Waals surface area contributed by atoms with Gasteiger partial charge >= 0.3 is 5.69 Å². The van der Waals surface area contributed by atoms with Crippen LogP contribution in [0.3, 0.4) is 0 Å². The summed E-state index contributed by atoms with van der Waals surface area (Å²) in [6, 6.07) is 5.09. The number of benzene rings is 1. The van der Waals surface area contributed by atoms with E-state index in [4.69, 9.17) is 4.63 Å². The van der Waals surface area contributed by atoms with E-state index in [2.05, 4.69) is 10.3 Å². The van der Waals surface area contributed by atoms with E-state index in [-0.39, 0.29) is 28.2 Å². The first-order chi connectivity index (χ1) is 14.8. The highest BCUT2D eigenvalue weighted by atomic mass is 16.6. The number of non-ortho nitro benzene ring substituents is 1. The van der Waals surface area contributed by atoms with Crippen LogP contribution < -0.4 is 10.3 Å². The number of nitrogens with zero attached hydrogens (tertiary/aromatic N) is 5. The zero-order chi connectivity index (χ0) is 22.3. The maximum Gasteiger partial charge on any atom is 0.300 e. The van der Waals surface area contributed by atoms with Crippen LogP contribution in [-0.4, -0.2) is 62.4 Å². The van der Waals surface area contributed by atoms with Gasteiger partial charge in [-0.1, -0.05) is 0 Å². The molecule has 160 valence electrons. The molecule has 2 heterocycles. The van der Waals surface area contributed by atoms with Crippen LogP contribution in [0, 0.1) is 17.0 Å². The topological polar surface area (TPSA) is 163 Å². The monoisotopic (exact) mass is 427 g/mol. The highest BCUT2D eigenvalue weighted by molar-refractivity contribution is 5.97. The molecule has 31 heavy (non-hydrogen) atoms. The van der Waals surface area contributed by atoms with Crippen molar-refractivity contribution < 1.29 is 24.6 Å². The molecule has 1 aromatic heterocycles. The Morgan fingerprint density at radius 2 is 1.81 bits per heavy atom. The Morgan fingerprint density at radius 3 is 2.48 bits per heavy atom. The van der Waals surface area contributed by atoms with Crippen LogP contribution in [0.4, 0.5) is 11.4 Å². The molecule has 0 saturated carbocycles. The molecule has 0 spiro atoms. The smallest absolute Gasteiger partial charge is 0.300 e. The zero-order valence-corrected chi connectivity index (χ0v) is 16.3. The number of hydrogen-bond acceptors (Lipinski definition) is 10. The van der Waals surface area contributed by atoms with Gasteiger partial charge in [0.2, 0.25) is 16.7 Å². The van der Waals surface area contributed by atoms with Crippen molar-refractivity contribution in [3.63, 3.8) is 0 Å². The fourth-order valence-electron chi connectivity index (χ4n) is 3.58. The lowest BCUT2D eigenvalue weighted by molar-refractivity contribution is -0.383. The van der Waals surface area contributed by atoms with E-state index >= 15 is 0 Å². The number of aryl methyl sites for hydroxylation is 1. The number of aromatic nitrogens is 2. The minimum Gasteiger partial charge on any atom is -0.504 e. The van der Waals surface area contributed by atoms with Crippen molar-refractivity contribution in [3.8, 4) is 11.5 Å². The Hall–Kier alpha value is -4.22. The number of anilines is 1. The summed E-state index contributed by atoms with van der Waals surface area (Å²) < 4.78 is 4.69. The number of carbonyl (C=O) groups excluding carboxylic acids is 1. The Morgan fingerprint density at radius 1 is 1.13 bits per heavy atom. The summed E-state index contributed by atoms with van der Waals surface area (Å²) >= 11 is 0. The third kappa shape index (κ3) is 3.47. The van der Waals surface area contributed by atoms with Gasteiger partial charge in [-0.15, -0.1) is 0 Å². The highest BCUT2D eigenvalue weighted by Crippen LogP contribution is 2.32. The molecule has 0 aliphatic carbocycles. The lowest BCUT2D eigenvalue weighted by atomic mass is 10.1. The van der Waals surface area contributed by atoms with Crippen LogP contribution in [-0.2, 0) is 0 Å². The maximum absolute atomic E-state index is 13.0. The van der Waals surface area contributed by atoms with Gasteiger partial charge in [0, 0.05) is 37.8 Å². The molecule has 0 unspecified atom stereocenters. The molecule has 1 aliphatic rings. The van der Waals surface area contributed by atoms with Gasteiger partial charge in [-0.05, 0) is 41.0 Å². The van der Waals surface area contributed by atoms with Gasteiger partial charge in [-0.25, -0.2) is 4.63 Å². The molecule has 1 amide bonds. The molecule has 0 radical (unpaired) electrons. The third-order valence-electron chi connectivity index (χ3n) is 5.24. The number of hydrogen-bond donors (Lipinski definition) is 2. The van der Waals surface area contributed by atoms with Crippen molar-refractivity contribution >= 4 is 28.3 Å². The predicted octanol–water partition coefficient (Wildman–Crippen LogP) is 1.17. The lowest BCUT2D eigenvalue weighted by Crippen LogP contribution is -2.49. The number of rotatable bonds is 3. The van der Waals surface area contributed by atoms with E-state index in [1.54, 1.807) is 17.9 Å². The summed E-state index contributed by atoms with van der Waals surface area (Å²) in [5.74, 6) is -1.86. The number of fused-ring (bicyclic) bond motifs is 1. The van der Waals surface area contributed by atoms with Crippen molar-refractivity contribution in [1.82, 2.24) is 15.2 Å². The van der Waals surface area contributed by atoms with Crippen molar-refractivity contribution in [3.05, 3.63) is 55.7 Å². The molecule has 4 rings (SSSR count). The van der Waals surface area contributed by atoms with Gasteiger partial charge < -0.3 is 20.0 Å². The van der Waals surface area contributed by atoms with E-state index in [0.717, 1.165) is 12.1 Å². The van der Waals surface area contributed by atoms with Crippen molar-refractivity contribution in [1.29, 1.82) is 0 Å². The van der Waals surface area contributed by atoms with Gasteiger partial charge in [0.1, 0.15) is 0 Å². The molecule has 1 saturated heterocycles. The van der Waals surface area contributed by atoms with Gasteiger partial charge in [-0.2, -0.15) is 0 Å². The summed E-state index contributed by atoms with van der Waals surface area (Å²) in [6.07, 6.45) is 0. The lowest BCUT2D eigenvalue weighted by Gasteiger charge is -2.36. The van der Waals surface area contributed by atoms with Crippen LogP contribution in [0.1, 0.15) is 15.9 Å². The number of aromatic hydroxyl groups is 2. The fourth-order valence-corrected chi connectivity index (χ4v) is 3.58. The molecule has 3 aromatic rings. The molecule has 2 aromatic carbocycles. The minimum absolute atomic E-state index is 0.0529. The van der Waals surface area contributed by atoms with E-state index in [1.807, 2.05) is 4.90 Å². The first-order valence-corrected chi connectivity index (χ1v) is 9.28. The van der Waals surface area contributed by atoms with Crippen LogP contribution >= 0.6 is 0 Å². The zero-order valence-electron chi connectivity index (χ0n) is 16.3. The number of amides is 1.